The number of ether oxygens (including phenoxy) is 1. The van der Waals surface area contributed by atoms with Crippen molar-refractivity contribution in [3.63, 3.8) is 0 Å². The van der Waals surface area contributed by atoms with Crippen LogP contribution in [-0.4, -0.2) is 59.2 Å². The predicted octanol–water partition coefficient (Wildman–Crippen LogP) is 4.90. The van der Waals surface area contributed by atoms with Crippen molar-refractivity contribution in [1.29, 1.82) is 0 Å². The lowest BCUT2D eigenvalue weighted by Gasteiger charge is -2.28. The lowest BCUT2D eigenvalue weighted by Crippen LogP contribution is -2.42. The fraction of sp³-hybridized carbons (Fsp3) is 0.545. The zero-order chi connectivity index (χ0) is 21.2. The number of benzene rings is 1. The fourth-order valence-electron chi connectivity index (χ4n) is 3.45. The Kier molecular flexibility index (Phi) is 6.69. The number of amides is 1. The van der Waals surface area contributed by atoms with Crippen molar-refractivity contribution in [3.8, 4) is 11.5 Å². The van der Waals surface area contributed by atoms with Crippen LogP contribution in [0.3, 0.4) is 0 Å². The maximum absolute atomic E-state index is 12.3. The third-order valence-electron chi connectivity index (χ3n) is 5.13. The van der Waals surface area contributed by atoms with Crippen molar-refractivity contribution in [2.45, 2.75) is 52.2 Å². The summed E-state index contributed by atoms with van der Waals surface area (Å²) >= 11 is 3.45. The number of nitrogens with zero attached hydrogens (tertiary/aromatic N) is 3. The van der Waals surface area contributed by atoms with Crippen LogP contribution in [0.1, 0.15) is 38.6 Å². The topological polar surface area (TPSA) is 58.8 Å². The average molecular weight is 464 g/mol. The number of hydrogen-bond acceptors (Lipinski definition) is 5. The molecule has 0 aliphatic carbocycles. The minimum absolute atomic E-state index is 0.182. The van der Waals surface area contributed by atoms with E-state index in [0.29, 0.717) is 5.89 Å². The standard InChI is InChI=1S/C22H30BrN3O3/c1-15-19(24-20(28-15)16-6-8-17(23)9-7-16)11-13-26-12-10-18(14-26)25(5)21(27)29-22(2,3)4/h6-9,18H,10-14H2,1-5H3. The lowest BCUT2D eigenvalue weighted by atomic mass is 10.2. The van der Waals surface area contributed by atoms with Crippen molar-refractivity contribution >= 4 is 22.0 Å². The molecule has 1 aliphatic heterocycles. The highest BCUT2D eigenvalue weighted by Gasteiger charge is 2.31. The molecule has 0 N–H and O–H groups in total. The molecule has 0 bridgehead atoms. The molecule has 1 unspecified atom stereocenters. The number of carbonyl (C=O) groups excluding carboxylic acids is 1. The summed E-state index contributed by atoms with van der Waals surface area (Å²) in [5, 5.41) is 0. The maximum Gasteiger partial charge on any atom is 0.410 e. The molecule has 1 aromatic carbocycles. The van der Waals surface area contributed by atoms with Gasteiger partial charge in [0.1, 0.15) is 11.4 Å². The van der Waals surface area contributed by atoms with Crippen LogP contribution in [0.25, 0.3) is 11.5 Å². The molecule has 1 saturated heterocycles. The zero-order valence-corrected chi connectivity index (χ0v) is 19.5. The van der Waals surface area contributed by atoms with E-state index in [9.17, 15) is 4.79 Å². The van der Waals surface area contributed by atoms with E-state index in [0.717, 1.165) is 54.0 Å². The van der Waals surface area contributed by atoms with Crippen molar-refractivity contribution in [1.82, 2.24) is 14.8 Å². The normalized spacial score (nSPS) is 17.5. The van der Waals surface area contributed by atoms with Gasteiger partial charge in [0.2, 0.25) is 5.89 Å². The molecule has 0 spiro atoms. The maximum atomic E-state index is 12.3. The number of rotatable bonds is 5. The van der Waals surface area contributed by atoms with Crippen LogP contribution in [0.5, 0.6) is 0 Å². The molecule has 1 amide bonds. The number of likely N-dealkylation sites (tertiary alicyclic amines) is 1. The molecule has 1 fully saturated rings. The Morgan fingerprint density at radius 2 is 2.03 bits per heavy atom. The van der Waals surface area contributed by atoms with E-state index in [4.69, 9.17) is 14.1 Å². The van der Waals surface area contributed by atoms with Gasteiger partial charge >= 0.3 is 6.09 Å². The second-order valence-electron chi connectivity index (χ2n) is 8.61. The Morgan fingerprint density at radius 1 is 1.34 bits per heavy atom. The van der Waals surface area contributed by atoms with E-state index in [1.165, 1.54) is 0 Å². The van der Waals surface area contributed by atoms with Gasteiger partial charge in [-0.1, -0.05) is 15.9 Å². The van der Waals surface area contributed by atoms with Crippen molar-refractivity contribution in [2.75, 3.05) is 26.7 Å². The van der Waals surface area contributed by atoms with Gasteiger partial charge in [0.15, 0.2) is 0 Å². The van der Waals surface area contributed by atoms with Crippen LogP contribution in [-0.2, 0) is 11.2 Å². The minimum Gasteiger partial charge on any atom is -0.444 e. The molecule has 0 radical (unpaired) electrons. The van der Waals surface area contributed by atoms with Crippen LogP contribution >= 0.6 is 15.9 Å². The highest BCUT2D eigenvalue weighted by Crippen LogP contribution is 2.24. The number of carbonyl (C=O) groups is 1. The van der Waals surface area contributed by atoms with E-state index >= 15 is 0 Å². The number of aryl methyl sites for hydroxylation is 1. The van der Waals surface area contributed by atoms with Gasteiger partial charge < -0.3 is 19.0 Å². The van der Waals surface area contributed by atoms with E-state index < -0.39 is 5.60 Å². The second kappa shape index (κ2) is 8.88. The van der Waals surface area contributed by atoms with E-state index in [1.54, 1.807) is 4.90 Å². The van der Waals surface area contributed by atoms with Gasteiger partial charge in [-0.25, -0.2) is 9.78 Å². The monoisotopic (exact) mass is 463 g/mol. The second-order valence-corrected chi connectivity index (χ2v) is 9.53. The Balaban J connectivity index is 1.54. The van der Waals surface area contributed by atoms with Gasteiger partial charge in [0.25, 0.3) is 0 Å². The van der Waals surface area contributed by atoms with E-state index in [2.05, 4.69) is 20.8 Å². The van der Waals surface area contributed by atoms with Crippen molar-refractivity contribution in [2.24, 2.45) is 0 Å². The summed E-state index contributed by atoms with van der Waals surface area (Å²) in [5.74, 6) is 1.53. The first-order valence-corrected chi connectivity index (χ1v) is 10.8. The average Bonchev–Trinajstić information content (AvgIpc) is 3.25. The van der Waals surface area contributed by atoms with Gasteiger partial charge in [-0.3, -0.25) is 0 Å². The van der Waals surface area contributed by atoms with Crippen LogP contribution in [0, 0.1) is 6.92 Å². The summed E-state index contributed by atoms with van der Waals surface area (Å²) in [5.41, 5.74) is 1.50. The van der Waals surface area contributed by atoms with Crippen molar-refractivity contribution < 1.29 is 13.9 Å². The number of oxazole rings is 1. The zero-order valence-electron chi connectivity index (χ0n) is 17.9. The summed E-state index contributed by atoms with van der Waals surface area (Å²) in [6.07, 6.45) is 1.53. The molecule has 6 nitrogen and oxygen atoms in total. The molecular weight excluding hydrogens is 434 g/mol. The molecular formula is C22H30BrN3O3. The molecule has 2 heterocycles. The first kappa shape index (κ1) is 21.8. The van der Waals surface area contributed by atoms with Crippen LogP contribution in [0.2, 0.25) is 0 Å². The summed E-state index contributed by atoms with van der Waals surface area (Å²) in [7, 11) is 1.83. The third-order valence-corrected chi connectivity index (χ3v) is 5.65. The molecule has 3 rings (SSSR count). The van der Waals surface area contributed by atoms with Gasteiger partial charge in [0.05, 0.1) is 5.69 Å². The quantitative estimate of drug-likeness (QED) is 0.630. The first-order valence-electron chi connectivity index (χ1n) is 10.0. The Morgan fingerprint density at radius 3 is 2.69 bits per heavy atom. The minimum atomic E-state index is -0.472. The lowest BCUT2D eigenvalue weighted by molar-refractivity contribution is 0.0228. The predicted molar refractivity (Wildman–Crippen MR) is 117 cm³/mol. The van der Waals surface area contributed by atoms with Crippen molar-refractivity contribution in [3.05, 3.63) is 40.2 Å². The molecule has 158 valence electrons. The Bertz CT molecular complexity index is 842. The smallest absolute Gasteiger partial charge is 0.410 e. The highest BCUT2D eigenvalue weighted by atomic mass is 79.9. The molecule has 1 atom stereocenters. The summed E-state index contributed by atoms with van der Waals surface area (Å²) in [4.78, 5) is 21.1. The molecule has 29 heavy (non-hydrogen) atoms. The Hall–Kier alpha value is -1.86. The number of halogens is 1. The van der Waals surface area contributed by atoms with Gasteiger partial charge in [-0.15, -0.1) is 0 Å². The van der Waals surface area contributed by atoms with Crippen LogP contribution in [0.4, 0.5) is 4.79 Å². The first-order chi connectivity index (χ1) is 13.6. The van der Waals surface area contributed by atoms with Crippen LogP contribution < -0.4 is 0 Å². The van der Waals surface area contributed by atoms with Gasteiger partial charge in [0, 0.05) is 49.2 Å². The third kappa shape index (κ3) is 5.82. The van der Waals surface area contributed by atoms with E-state index in [-0.39, 0.29) is 12.1 Å². The molecule has 1 aromatic heterocycles. The van der Waals surface area contributed by atoms with E-state index in [1.807, 2.05) is 59.0 Å². The summed E-state index contributed by atoms with van der Waals surface area (Å²) in [6.45, 7) is 10.4. The number of hydrogen-bond donors (Lipinski definition) is 0. The molecule has 7 heteroatoms. The highest BCUT2D eigenvalue weighted by molar-refractivity contribution is 9.10. The Labute approximate surface area is 181 Å². The van der Waals surface area contributed by atoms with Gasteiger partial charge in [-0.2, -0.15) is 0 Å². The molecule has 0 saturated carbocycles. The summed E-state index contributed by atoms with van der Waals surface area (Å²) in [6, 6.07) is 8.15. The molecule has 2 aromatic rings. The largest absolute Gasteiger partial charge is 0.444 e. The number of aromatic nitrogens is 1. The van der Waals surface area contributed by atoms with Gasteiger partial charge in [-0.05, 0) is 58.4 Å². The fourth-order valence-corrected chi connectivity index (χ4v) is 3.72. The van der Waals surface area contributed by atoms with Crippen LogP contribution in [0.15, 0.2) is 33.2 Å². The SMILES string of the molecule is Cc1oc(-c2ccc(Br)cc2)nc1CCN1CCC(N(C)C(=O)OC(C)(C)C)C1. The molecule has 1 aliphatic rings. The number of likely N-dealkylation sites (N-methyl/N-ethyl adjacent to an activating group) is 1. The summed E-state index contributed by atoms with van der Waals surface area (Å²) < 4.78 is 12.4.